The quantitative estimate of drug-likeness (QED) is 0.155. The fraction of sp³-hybridized carbons (Fsp3) is 0.0115. The number of nitrogens with one attached hydrogen (secondary N) is 1. The number of hydrogen-bond acceptors (Lipinski definition) is 2. The summed E-state index contributed by atoms with van der Waals surface area (Å²) < 4.78 is 2.52. The first kappa shape index (κ1) is 52.5. The lowest BCUT2D eigenvalue weighted by Crippen LogP contribution is -2.33. The summed E-state index contributed by atoms with van der Waals surface area (Å²) in [6, 6.07) is 128. The maximum Gasteiger partial charge on any atom is 0.0755 e. The Kier molecular flexibility index (Phi) is 12.8. The summed E-state index contributed by atoms with van der Waals surface area (Å²) in [7, 11) is 0. The van der Waals surface area contributed by atoms with Gasteiger partial charge in [-0.15, -0.1) is 0 Å². The zero-order valence-corrected chi connectivity index (χ0v) is 49.4. The molecule has 1 aromatic heterocycles. The molecule has 0 radical (unpaired) electrons. The van der Waals surface area contributed by atoms with E-state index in [1.165, 1.54) is 127 Å². The Labute approximate surface area is 524 Å². The van der Waals surface area contributed by atoms with Crippen molar-refractivity contribution in [2.75, 3.05) is 10.2 Å². The molecule has 0 fully saturated rings. The van der Waals surface area contributed by atoms with Gasteiger partial charge in [-0.05, 0) is 126 Å². The van der Waals surface area contributed by atoms with Gasteiger partial charge in [0.1, 0.15) is 0 Å². The predicted molar refractivity (Wildman–Crippen MR) is 379 cm³/mol. The second-order valence-corrected chi connectivity index (χ2v) is 23.5. The lowest BCUT2D eigenvalue weighted by atomic mass is 9.65. The van der Waals surface area contributed by atoms with E-state index in [0.717, 1.165) is 28.4 Å². The van der Waals surface area contributed by atoms with Crippen molar-refractivity contribution >= 4 is 71.8 Å². The summed E-state index contributed by atoms with van der Waals surface area (Å²) in [5, 5.41) is 11.1. The normalized spacial score (nSPS) is 13.4. The number of nitrogens with zero attached hydrogens (tertiary/aromatic N) is 2. The minimum absolute atomic E-state index is 0.556. The van der Waals surface area contributed by atoms with Crippen LogP contribution in [0.1, 0.15) is 22.3 Å². The molecule has 90 heavy (non-hydrogen) atoms. The van der Waals surface area contributed by atoms with Crippen molar-refractivity contribution in [2.45, 2.75) is 5.41 Å². The van der Waals surface area contributed by atoms with Gasteiger partial charge in [0.15, 0.2) is 0 Å². The molecule has 3 nitrogen and oxygen atoms in total. The molecule has 0 saturated carbocycles. The van der Waals surface area contributed by atoms with Crippen molar-refractivity contribution in [3.63, 3.8) is 0 Å². The van der Waals surface area contributed by atoms with Crippen LogP contribution in [0.15, 0.2) is 352 Å². The summed E-state index contributed by atoms with van der Waals surface area (Å²) in [6.07, 6.45) is 0. The molecule has 3 heteroatoms. The van der Waals surface area contributed by atoms with E-state index >= 15 is 0 Å². The lowest BCUT2D eigenvalue weighted by molar-refractivity contribution is 0.748. The van der Waals surface area contributed by atoms with Gasteiger partial charge in [0.25, 0.3) is 0 Å². The summed E-state index contributed by atoms with van der Waals surface area (Å²) in [6.45, 7) is 0. The molecular formula is C87H59N3. The fourth-order valence-electron chi connectivity index (χ4n) is 14.7. The van der Waals surface area contributed by atoms with Gasteiger partial charge in [-0.2, -0.15) is 0 Å². The van der Waals surface area contributed by atoms with E-state index in [1.807, 2.05) is 6.07 Å². The zero-order chi connectivity index (χ0) is 59.5. The monoisotopic (exact) mass is 1150 g/mol. The van der Waals surface area contributed by atoms with E-state index in [-0.39, 0.29) is 0 Å². The minimum Gasteiger partial charge on any atom is -0.355 e. The average molecular weight is 1150 g/mol. The van der Waals surface area contributed by atoms with Crippen LogP contribution in [-0.4, -0.2) is 4.57 Å². The first-order valence-corrected chi connectivity index (χ1v) is 31.1. The summed E-state index contributed by atoms with van der Waals surface area (Å²) in [4.78, 5) is 2.51. The molecule has 0 saturated heterocycles. The van der Waals surface area contributed by atoms with Gasteiger partial charge in [-0.1, -0.05) is 303 Å². The number of hydrogen-bond donors (Lipinski definition) is 1. The van der Waals surface area contributed by atoms with E-state index < -0.39 is 5.41 Å². The molecule has 1 N–H and O–H groups in total. The van der Waals surface area contributed by atoms with Gasteiger partial charge in [-0.25, -0.2) is 0 Å². The molecule has 16 aromatic rings. The maximum atomic E-state index is 3.66. The van der Waals surface area contributed by atoms with Crippen molar-refractivity contribution in [2.24, 2.45) is 0 Å². The number of anilines is 5. The van der Waals surface area contributed by atoms with E-state index in [0.29, 0.717) is 0 Å². The van der Waals surface area contributed by atoms with Gasteiger partial charge in [0, 0.05) is 49.7 Å². The molecule has 1 aliphatic heterocycles. The SMILES string of the molecule is c1ccc(-c2ccc(-c3ccccc3N(c3ccc4c(c3)C3(c5ccccc5-4)c4ccccc4-n4c5ccccc5c5cccc3c54)c3cccc4ccccc34)cc2)cc1.c1ccc(-c2ccc(-c3ccccc3Nc3cccc4ccccc34)cc2)cc1. The third kappa shape index (κ3) is 8.58. The topological polar surface area (TPSA) is 20.2 Å². The smallest absolute Gasteiger partial charge is 0.0755 e. The van der Waals surface area contributed by atoms with Crippen LogP contribution in [0.2, 0.25) is 0 Å². The summed E-state index contributed by atoms with van der Waals surface area (Å²) in [5.41, 5.74) is 26.3. The second kappa shape index (κ2) is 21.9. The van der Waals surface area contributed by atoms with Crippen molar-refractivity contribution in [3.8, 4) is 61.3 Å². The highest BCUT2D eigenvalue weighted by molar-refractivity contribution is 6.13. The van der Waals surface area contributed by atoms with E-state index in [4.69, 9.17) is 0 Å². The van der Waals surface area contributed by atoms with Crippen LogP contribution in [-0.2, 0) is 5.41 Å². The van der Waals surface area contributed by atoms with Gasteiger partial charge in [-0.3, -0.25) is 0 Å². The molecule has 1 unspecified atom stereocenters. The van der Waals surface area contributed by atoms with Gasteiger partial charge >= 0.3 is 0 Å². The predicted octanol–water partition coefficient (Wildman–Crippen LogP) is 23.3. The second-order valence-electron chi connectivity index (χ2n) is 23.5. The molecule has 0 amide bonds. The highest BCUT2D eigenvalue weighted by Gasteiger charge is 2.51. The van der Waals surface area contributed by atoms with Gasteiger partial charge in [0.2, 0.25) is 0 Å². The minimum atomic E-state index is -0.556. The number of rotatable bonds is 9. The number of para-hydroxylation sites is 5. The molecule has 1 atom stereocenters. The van der Waals surface area contributed by atoms with E-state index in [2.05, 4.69) is 361 Å². The Bertz CT molecular complexity index is 5380. The average Bonchev–Trinajstić information content (AvgIpc) is 1.48. The first-order valence-electron chi connectivity index (χ1n) is 31.1. The molecule has 1 spiro atoms. The van der Waals surface area contributed by atoms with Crippen molar-refractivity contribution < 1.29 is 0 Å². The van der Waals surface area contributed by atoms with Gasteiger partial charge < -0.3 is 14.8 Å². The number of aromatic nitrogens is 1. The largest absolute Gasteiger partial charge is 0.355 e. The van der Waals surface area contributed by atoms with E-state index in [9.17, 15) is 0 Å². The molecule has 15 aromatic carbocycles. The first-order chi connectivity index (χ1) is 44.7. The zero-order valence-electron chi connectivity index (χ0n) is 49.4. The van der Waals surface area contributed by atoms with Crippen LogP contribution in [0, 0.1) is 0 Å². The van der Waals surface area contributed by atoms with Crippen LogP contribution in [0.5, 0.6) is 0 Å². The highest BCUT2D eigenvalue weighted by atomic mass is 15.1. The van der Waals surface area contributed by atoms with Gasteiger partial charge in [0.05, 0.1) is 33.5 Å². The Morgan fingerprint density at radius 1 is 0.267 bits per heavy atom. The fourth-order valence-corrected chi connectivity index (χ4v) is 14.7. The van der Waals surface area contributed by atoms with Crippen LogP contribution in [0.4, 0.5) is 28.4 Å². The Morgan fingerprint density at radius 3 is 1.48 bits per heavy atom. The van der Waals surface area contributed by atoms with E-state index in [1.54, 1.807) is 0 Å². The number of benzene rings is 15. The molecule has 2 heterocycles. The molecular weight excluding hydrogens is 1090 g/mol. The maximum absolute atomic E-state index is 3.66. The molecule has 18 rings (SSSR count). The van der Waals surface area contributed by atoms with Crippen LogP contribution in [0.3, 0.4) is 0 Å². The van der Waals surface area contributed by atoms with Crippen LogP contribution in [0.25, 0.3) is 105 Å². The molecule has 1 aliphatic carbocycles. The standard InChI is InChI=1S/C59H38N2.C28H21N/c1-2-16-39(17-3-1)40-32-34-42(35-33-40)45-21-7-11-28-54(45)60(55-31-14-19-41-18-4-5-20-44(41)55)43-36-37-47-46-22-6-9-25-50(46)59(53(47)38-43)51-26-10-13-30-57(51)61-56-29-12-8-23-48(56)49-24-15-27-52(59)58(49)61;1-2-9-21(10-3-1)22-17-19-24(20-18-22)26-14-6-7-15-27(26)29-28-16-8-12-23-11-4-5-13-25(23)28/h1-38H;1-20,29H. The summed E-state index contributed by atoms with van der Waals surface area (Å²) >= 11 is 0. The third-order valence-corrected chi connectivity index (χ3v) is 18.7. The Morgan fingerprint density at radius 2 is 0.733 bits per heavy atom. The highest BCUT2D eigenvalue weighted by Crippen LogP contribution is 2.62. The van der Waals surface area contributed by atoms with Crippen molar-refractivity contribution in [1.29, 1.82) is 0 Å². The molecule has 422 valence electrons. The van der Waals surface area contributed by atoms with Crippen molar-refractivity contribution in [3.05, 3.63) is 374 Å². The van der Waals surface area contributed by atoms with Crippen molar-refractivity contribution in [1.82, 2.24) is 4.57 Å². The lowest BCUT2D eigenvalue weighted by Gasteiger charge is -2.40. The van der Waals surface area contributed by atoms with Crippen LogP contribution >= 0.6 is 0 Å². The molecule has 2 aliphatic rings. The molecule has 0 bridgehead atoms. The third-order valence-electron chi connectivity index (χ3n) is 18.7. The summed E-state index contributed by atoms with van der Waals surface area (Å²) in [5.74, 6) is 0. The van der Waals surface area contributed by atoms with Crippen LogP contribution < -0.4 is 10.2 Å². The Balaban J connectivity index is 0.000000180. The number of fused-ring (bicyclic) bond motifs is 14. The Hall–Kier alpha value is -11.8.